The summed E-state index contributed by atoms with van der Waals surface area (Å²) < 4.78 is 11.3. The molecule has 1 saturated heterocycles. The maximum atomic E-state index is 13.2. The Hall–Kier alpha value is -3.65. The number of aliphatic hydroxyl groups is 1. The van der Waals surface area contributed by atoms with Crippen molar-refractivity contribution in [3.63, 3.8) is 0 Å². The third-order valence-corrected chi connectivity index (χ3v) is 6.14. The van der Waals surface area contributed by atoms with Gasteiger partial charge >= 0.3 is 0 Å². The van der Waals surface area contributed by atoms with E-state index < -0.39 is 17.7 Å². The highest BCUT2D eigenvalue weighted by molar-refractivity contribution is 9.10. The molecular weight excluding hydrogens is 488 g/mol. The molecule has 1 aliphatic heterocycles. The number of methoxy groups -OCH3 is 2. The summed E-state index contributed by atoms with van der Waals surface area (Å²) in [7, 11) is 3.08. The highest BCUT2D eigenvalue weighted by atomic mass is 79.9. The molecule has 1 N–H and O–H groups in total. The Kier molecular flexibility index (Phi) is 6.46. The fourth-order valence-corrected chi connectivity index (χ4v) is 4.46. The van der Waals surface area contributed by atoms with Crippen LogP contribution in [-0.4, -0.2) is 40.9 Å². The minimum atomic E-state index is -0.793. The summed E-state index contributed by atoms with van der Waals surface area (Å²) >= 11 is 3.40. The van der Waals surface area contributed by atoms with E-state index in [0.29, 0.717) is 27.1 Å². The highest BCUT2D eigenvalue weighted by Crippen LogP contribution is 2.41. The van der Waals surface area contributed by atoms with Gasteiger partial charge < -0.3 is 19.5 Å². The molecule has 3 aromatic rings. The first-order chi connectivity index (χ1) is 16.0. The number of Topliss-reactive ketones (excluding diaryl/α,β-unsaturated/α-hetero) is 1. The quantitative estimate of drug-likeness (QED) is 0.300. The Morgan fingerprint density at radius 1 is 1.03 bits per heavy atom. The molecule has 8 heteroatoms. The van der Waals surface area contributed by atoms with Crippen molar-refractivity contribution in [3.05, 3.63) is 93.7 Å². The average molecular weight is 509 g/mol. The number of likely N-dealkylation sites (tertiary alicyclic amines) is 1. The molecule has 0 aliphatic carbocycles. The monoisotopic (exact) mass is 508 g/mol. The van der Waals surface area contributed by atoms with Crippen LogP contribution in [0.1, 0.15) is 22.7 Å². The topological polar surface area (TPSA) is 89.0 Å². The van der Waals surface area contributed by atoms with Gasteiger partial charge in [-0.25, -0.2) is 0 Å². The second kappa shape index (κ2) is 9.46. The van der Waals surface area contributed by atoms with E-state index >= 15 is 0 Å². The van der Waals surface area contributed by atoms with Gasteiger partial charge in [-0.1, -0.05) is 18.2 Å². The summed E-state index contributed by atoms with van der Waals surface area (Å²) in [5, 5.41) is 11.2. The zero-order valence-corrected chi connectivity index (χ0v) is 19.6. The molecular formula is C25H21BrN2O5. The molecule has 0 bridgehead atoms. The van der Waals surface area contributed by atoms with Crippen molar-refractivity contribution in [2.75, 3.05) is 14.2 Å². The SMILES string of the molecule is COc1ccc(/C(O)=C2/C(=O)C(=O)N(Cc3ccccc3OC)C2c2ccncc2)cc1Br. The molecule has 1 atom stereocenters. The molecule has 4 rings (SSSR count). The Morgan fingerprint density at radius 3 is 2.39 bits per heavy atom. The lowest BCUT2D eigenvalue weighted by atomic mass is 9.95. The summed E-state index contributed by atoms with van der Waals surface area (Å²) in [6.45, 7) is 0.130. The van der Waals surface area contributed by atoms with E-state index in [1.54, 1.807) is 55.9 Å². The second-order valence-corrected chi connectivity index (χ2v) is 8.22. The van der Waals surface area contributed by atoms with Gasteiger partial charge in [0.25, 0.3) is 11.7 Å². The standard InChI is InChI=1S/C25H21BrN2O5/c1-32-19-6-4-3-5-17(19)14-28-22(15-9-11-27-12-10-15)21(24(30)25(28)31)23(29)16-7-8-20(33-2)18(26)13-16/h3-13,22,29H,14H2,1-2H3/b23-21-. The second-order valence-electron chi connectivity index (χ2n) is 7.37. The summed E-state index contributed by atoms with van der Waals surface area (Å²) in [4.78, 5) is 31.8. The van der Waals surface area contributed by atoms with Crippen LogP contribution in [0.25, 0.3) is 5.76 Å². The van der Waals surface area contributed by atoms with Crippen molar-refractivity contribution in [1.82, 2.24) is 9.88 Å². The van der Waals surface area contributed by atoms with Gasteiger partial charge in [0.1, 0.15) is 17.3 Å². The number of hydrogen-bond donors (Lipinski definition) is 1. The number of halogens is 1. The third kappa shape index (κ3) is 4.21. The number of hydrogen-bond acceptors (Lipinski definition) is 6. The number of para-hydroxylation sites is 1. The number of carbonyl (C=O) groups is 2. The number of benzene rings is 2. The Labute approximate surface area is 199 Å². The van der Waals surface area contributed by atoms with Crippen LogP contribution in [-0.2, 0) is 16.1 Å². The number of aromatic nitrogens is 1. The van der Waals surface area contributed by atoms with Crippen LogP contribution in [0.4, 0.5) is 0 Å². The fraction of sp³-hybridized carbons (Fsp3) is 0.160. The van der Waals surface area contributed by atoms with E-state index in [1.165, 1.54) is 12.0 Å². The van der Waals surface area contributed by atoms with Gasteiger partial charge in [-0.15, -0.1) is 0 Å². The average Bonchev–Trinajstić information content (AvgIpc) is 3.09. The van der Waals surface area contributed by atoms with Crippen molar-refractivity contribution < 1.29 is 24.2 Å². The van der Waals surface area contributed by atoms with Gasteiger partial charge in [0, 0.05) is 23.5 Å². The zero-order chi connectivity index (χ0) is 23.5. The molecule has 7 nitrogen and oxygen atoms in total. The zero-order valence-electron chi connectivity index (χ0n) is 18.0. The predicted octanol–water partition coefficient (Wildman–Crippen LogP) is 4.48. The first-order valence-electron chi connectivity index (χ1n) is 10.1. The van der Waals surface area contributed by atoms with Crippen molar-refractivity contribution >= 4 is 33.4 Å². The molecule has 0 spiro atoms. The maximum absolute atomic E-state index is 13.2. The maximum Gasteiger partial charge on any atom is 0.295 e. The highest BCUT2D eigenvalue weighted by Gasteiger charge is 2.46. The van der Waals surface area contributed by atoms with Crippen LogP contribution < -0.4 is 9.47 Å². The van der Waals surface area contributed by atoms with Crippen molar-refractivity contribution in [2.45, 2.75) is 12.6 Å². The number of amides is 1. The van der Waals surface area contributed by atoms with Gasteiger partial charge in [-0.3, -0.25) is 14.6 Å². The smallest absolute Gasteiger partial charge is 0.295 e. The Balaban J connectivity index is 1.86. The molecule has 2 aromatic carbocycles. The van der Waals surface area contributed by atoms with E-state index in [0.717, 1.165) is 5.56 Å². The van der Waals surface area contributed by atoms with Crippen LogP contribution in [0.3, 0.4) is 0 Å². The fourth-order valence-electron chi connectivity index (χ4n) is 3.92. The lowest BCUT2D eigenvalue weighted by Crippen LogP contribution is -2.29. The molecule has 1 fully saturated rings. The van der Waals surface area contributed by atoms with Gasteiger partial charge in [-0.05, 0) is 57.9 Å². The van der Waals surface area contributed by atoms with E-state index in [-0.39, 0.29) is 17.9 Å². The van der Waals surface area contributed by atoms with Crippen LogP contribution in [0.2, 0.25) is 0 Å². The molecule has 33 heavy (non-hydrogen) atoms. The van der Waals surface area contributed by atoms with Crippen LogP contribution >= 0.6 is 15.9 Å². The van der Waals surface area contributed by atoms with Gasteiger partial charge in [0.15, 0.2) is 0 Å². The summed E-state index contributed by atoms with van der Waals surface area (Å²) in [5.74, 6) is -0.533. The van der Waals surface area contributed by atoms with Crippen molar-refractivity contribution in [2.24, 2.45) is 0 Å². The van der Waals surface area contributed by atoms with E-state index in [4.69, 9.17) is 9.47 Å². The lowest BCUT2D eigenvalue weighted by molar-refractivity contribution is -0.140. The number of pyridine rings is 1. The van der Waals surface area contributed by atoms with Gasteiger partial charge in [0.05, 0.1) is 36.9 Å². The van der Waals surface area contributed by atoms with Gasteiger partial charge in [-0.2, -0.15) is 0 Å². The minimum absolute atomic E-state index is 0.0122. The number of ether oxygens (including phenoxy) is 2. The van der Waals surface area contributed by atoms with E-state index in [1.807, 2.05) is 18.2 Å². The van der Waals surface area contributed by atoms with Crippen LogP contribution in [0.15, 0.2) is 77.0 Å². The molecule has 0 radical (unpaired) electrons. The number of carbonyl (C=O) groups excluding carboxylic acids is 2. The molecule has 1 aromatic heterocycles. The molecule has 2 heterocycles. The largest absolute Gasteiger partial charge is 0.507 e. The van der Waals surface area contributed by atoms with Crippen LogP contribution in [0.5, 0.6) is 11.5 Å². The Bertz CT molecular complexity index is 1240. The minimum Gasteiger partial charge on any atom is -0.507 e. The van der Waals surface area contributed by atoms with E-state index in [2.05, 4.69) is 20.9 Å². The molecule has 1 aliphatic rings. The first-order valence-corrected chi connectivity index (χ1v) is 10.9. The number of nitrogens with zero attached hydrogens (tertiary/aromatic N) is 2. The molecule has 0 saturated carbocycles. The molecule has 1 unspecified atom stereocenters. The summed E-state index contributed by atoms with van der Waals surface area (Å²) in [6, 6.07) is 14.9. The summed E-state index contributed by atoms with van der Waals surface area (Å²) in [5.41, 5.74) is 1.80. The predicted molar refractivity (Wildman–Crippen MR) is 126 cm³/mol. The first kappa shape index (κ1) is 22.5. The number of ketones is 1. The number of aliphatic hydroxyl groups excluding tert-OH is 1. The van der Waals surface area contributed by atoms with Crippen molar-refractivity contribution in [3.8, 4) is 11.5 Å². The van der Waals surface area contributed by atoms with E-state index in [9.17, 15) is 14.7 Å². The third-order valence-electron chi connectivity index (χ3n) is 5.52. The van der Waals surface area contributed by atoms with Gasteiger partial charge in [0.2, 0.25) is 0 Å². The molecule has 1 amide bonds. The van der Waals surface area contributed by atoms with Crippen molar-refractivity contribution in [1.29, 1.82) is 0 Å². The Morgan fingerprint density at radius 2 is 1.73 bits per heavy atom. The molecule has 168 valence electrons. The summed E-state index contributed by atoms with van der Waals surface area (Å²) in [6.07, 6.45) is 3.17. The normalized spacial score (nSPS) is 17.3. The lowest BCUT2D eigenvalue weighted by Gasteiger charge is -2.26. The van der Waals surface area contributed by atoms with Crippen LogP contribution in [0, 0.1) is 0 Å². The number of rotatable bonds is 6.